The smallest absolute Gasteiger partial charge is 0.334 e. The van der Waals surface area contributed by atoms with Gasteiger partial charge in [-0.2, -0.15) is 0 Å². The van der Waals surface area contributed by atoms with E-state index in [1.165, 1.54) is 34.4 Å². The summed E-state index contributed by atoms with van der Waals surface area (Å²) in [6.45, 7) is 1.74. The Hall–Kier alpha value is -3.19. The molecule has 0 fully saturated rings. The Morgan fingerprint density at radius 2 is 1.74 bits per heavy atom. The van der Waals surface area contributed by atoms with Crippen LogP contribution in [0.25, 0.3) is 5.69 Å². The third-order valence-corrected chi connectivity index (χ3v) is 4.70. The van der Waals surface area contributed by atoms with Crippen molar-refractivity contribution in [2.75, 3.05) is 18.5 Å². The largest absolute Gasteiger partial charge is 0.358 e. The van der Waals surface area contributed by atoms with Crippen LogP contribution in [-0.2, 0) is 13.0 Å². The second-order valence-electron chi connectivity index (χ2n) is 6.52. The second kappa shape index (κ2) is 7.20. The van der Waals surface area contributed by atoms with E-state index in [4.69, 9.17) is 0 Å². The van der Waals surface area contributed by atoms with Crippen LogP contribution in [0.5, 0.6) is 0 Å². The Labute approximate surface area is 154 Å². The van der Waals surface area contributed by atoms with Gasteiger partial charge in [-0.05, 0) is 36.2 Å². The number of benzene rings is 2. The van der Waals surface area contributed by atoms with Crippen LogP contribution in [0.15, 0.2) is 64.2 Å². The Bertz CT molecular complexity index is 1060. The molecule has 0 atom stereocenters. The first-order valence-corrected chi connectivity index (χ1v) is 8.76. The number of hydrogen-bond donors (Lipinski definition) is 2. The highest BCUT2D eigenvalue weighted by molar-refractivity contribution is 5.51. The molecule has 0 aliphatic carbocycles. The quantitative estimate of drug-likeness (QED) is 0.742. The first kappa shape index (κ1) is 17.2. The van der Waals surface area contributed by atoms with Crippen molar-refractivity contribution in [2.24, 2.45) is 0 Å². The third kappa shape index (κ3) is 3.54. The molecule has 2 N–H and O–H groups in total. The number of anilines is 1. The van der Waals surface area contributed by atoms with Gasteiger partial charge in [0.05, 0.1) is 17.9 Å². The molecule has 2 heterocycles. The molecule has 6 nitrogen and oxygen atoms in total. The number of halogens is 1. The van der Waals surface area contributed by atoms with E-state index in [0.717, 1.165) is 13.0 Å². The maximum atomic E-state index is 13.2. The van der Waals surface area contributed by atoms with Gasteiger partial charge in [0.15, 0.2) is 0 Å². The van der Waals surface area contributed by atoms with Crippen molar-refractivity contribution in [2.45, 2.75) is 13.0 Å². The van der Waals surface area contributed by atoms with Gasteiger partial charge in [-0.3, -0.25) is 14.7 Å². The summed E-state index contributed by atoms with van der Waals surface area (Å²) in [5.74, 6) is 0.0801. The van der Waals surface area contributed by atoms with Crippen LogP contribution >= 0.6 is 0 Å². The number of nitrogens with one attached hydrogen (secondary N) is 2. The summed E-state index contributed by atoms with van der Waals surface area (Å²) in [6, 6.07) is 15.7. The number of H-pyrrole nitrogens is 1. The van der Waals surface area contributed by atoms with Gasteiger partial charge in [0, 0.05) is 13.1 Å². The van der Waals surface area contributed by atoms with Gasteiger partial charge in [-0.1, -0.05) is 30.3 Å². The van der Waals surface area contributed by atoms with Crippen LogP contribution in [0.4, 0.5) is 10.2 Å². The molecule has 0 bridgehead atoms. The number of aromatic amines is 1. The highest BCUT2D eigenvalue weighted by Gasteiger charge is 2.23. The summed E-state index contributed by atoms with van der Waals surface area (Å²) in [5, 5.41) is 3.19. The summed E-state index contributed by atoms with van der Waals surface area (Å²) in [7, 11) is 0. The Morgan fingerprint density at radius 1 is 1.00 bits per heavy atom. The standard InChI is InChI=1S/C20H19FN4O2/c21-15-6-8-16(9-7-15)25-18-17(19(26)23-20(25)27)12-24(13-22-18)11-10-14-4-2-1-3-5-14/h1-9,22H,10-13H2,(H,23,26,27). The van der Waals surface area contributed by atoms with Crippen molar-refractivity contribution >= 4 is 5.82 Å². The lowest BCUT2D eigenvalue weighted by molar-refractivity contribution is 0.275. The molecule has 27 heavy (non-hydrogen) atoms. The molecule has 2 aromatic carbocycles. The van der Waals surface area contributed by atoms with Crippen LogP contribution in [0, 0.1) is 5.82 Å². The van der Waals surface area contributed by atoms with E-state index in [0.29, 0.717) is 30.3 Å². The SMILES string of the molecule is O=c1[nH]c(=O)n(-c2ccc(F)cc2)c2c1CN(CCc1ccccc1)CN2. The lowest BCUT2D eigenvalue weighted by Crippen LogP contribution is -2.43. The molecule has 0 unspecified atom stereocenters. The molecule has 0 saturated carbocycles. The van der Waals surface area contributed by atoms with Crippen molar-refractivity contribution in [3.63, 3.8) is 0 Å². The van der Waals surface area contributed by atoms with Gasteiger partial charge < -0.3 is 5.32 Å². The predicted octanol–water partition coefficient (Wildman–Crippen LogP) is 2.09. The van der Waals surface area contributed by atoms with Crippen molar-refractivity contribution in [3.05, 3.63) is 92.4 Å². The van der Waals surface area contributed by atoms with Gasteiger partial charge in [-0.15, -0.1) is 0 Å². The number of fused-ring (bicyclic) bond motifs is 1. The van der Waals surface area contributed by atoms with E-state index < -0.39 is 11.2 Å². The van der Waals surface area contributed by atoms with Crippen molar-refractivity contribution in [1.82, 2.24) is 14.5 Å². The lowest BCUT2D eigenvalue weighted by Gasteiger charge is -2.30. The number of hydrogen-bond acceptors (Lipinski definition) is 4. The monoisotopic (exact) mass is 366 g/mol. The molecule has 0 spiro atoms. The number of rotatable bonds is 4. The maximum absolute atomic E-state index is 13.2. The summed E-state index contributed by atoms with van der Waals surface area (Å²) >= 11 is 0. The van der Waals surface area contributed by atoms with Gasteiger partial charge in [-0.25, -0.2) is 13.8 Å². The van der Waals surface area contributed by atoms with Crippen molar-refractivity contribution in [1.29, 1.82) is 0 Å². The van der Waals surface area contributed by atoms with E-state index in [-0.39, 0.29) is 5.82 Å². The maximum Gasteiger partial charge on any atom is 0.334 e. The van der Waals surface area contributed by atoms with Gasteiger partial charge in [0.25, 0.3) is 5.56 Å². The summed E-state index contributed by atoms with van der Waals surface area (Å²) in [6.07, 6.45) is 0.868. The van der Waals surface area contributed by atoms with Crippen LogP contribution in [-0.4, -0.2) is 27.7 Å². The minimum atomic E-state index is -0.546. The van der Waals surface area contributed by atoms with Crippen LogP contribution in [0.1, 0.15) is 11.1 Å². The minimum Gasteiger partial charge on any atom is -0.358 e. The summed E-state index contributed by atoms with van der Waals surface area (Å²) < 4.78 is 14.6. The fourth-order valence-corrected chi connectivity index (χ4v) is 3.30. The second-order valence-corrected chi connectivity index (χ2v) is 6.52. The molecule has 7 heteroatoms. The highest BCUT2D eigenvalue weighted by Crippen LogP contribution is 2.21. The lowest BCUT2D eigenvalue weighted by atomic mass is 10.1. The molecule has 0 radical (unpaired) electrons. The Balaban J connectivity index is 1.62. The molecule has 0 amide bonds. The Kier molecular flexibility index (Phi) is 4.60. The van der Waals surface area contributed by atoms with Gasteiger partial charge in [0.1, 0.15) is 11.6 Å². The van der Waals surface area contributed by atoms with E-state index in [1.807, 2.05) is 18.2 Å². The fourth-order valence-electron chi connectivity index (χ4n) is 3.30. The molecule has 1 aliphatic rings. The first-order valence-electron chi connectivity index (χ1n) is 8.76. The van der Waals surface area contributed by atoms with E-state index >= 15 is 0 Å². The number of aromatic nitrogens is 2. The zero-order chi connectivity index (χ0) is 18.8. The van der Waals surface area contributed by atoms with Crippen LogP contribution < -0.4 is 16.6 Å². The minimum absolute atomic E-state index is 0.384. The molecule has 138 valence electrons. The van der Waals surface area contributed by atoms with Crippen LogP contribution in [0.2, 0.25) is 0 Å². The van der Waals surface area contributed by atoms with Crippen molar-refractivity contribution < 1.29 is 4.39 Å². The third-order valence-electron chi connectivity index (χ3n) is 4.70. The summed E-state index contributed by atoms with van der Waals surface area (Å²) in [4.78, 5) is 29.2. The zero-order valence-electron chi connectivity index (χ0n) is 14.6. The van der Waals surface area contributed by atoms with E-state index in [2.05, 4.69) is 27.3 Å². The molecule has 0 saturated heterocycles. The van der Waals surface area contributed by atoms with Crippen LogP contribution in [0.3, 0.4) is 0 Å². The number of nitrogens with zero attached hydrogens (tertiary/aromatic N) is 2. The average molecular weight is 366 g/mol. The Morgan fingerprint density at radius 3 is 2.48 bits per heavy atom. The molecule has 3 aromatic rings. The average Bonchev–Trinajstić information content (AvgIpc) is 2.69. The molecular formula is C20H19FN4O2. The van der Waals surface area contributed by atoms with Gasteiger partial charge >= 0.3 is 5.69 Å². The normalized spacial score (nSPS) is 13.8. The molecular weight excluding hydrogens is 347 g/mol. The first-order chi connectivity index (χ1) is 13.1. The topological polar surface area (TPSA) is 70.1 Å². The molecule has 1 aromatic heterocycles. The van der Waals surface area contributed by atoms with Crippen molar-refractivity contribution in [3.8, 4) is 5.69 Å². The molecule has 4 rings (SSSR count). The van der Waals surface area contributed by atoms with Gasteiger partial charge in [0.2, 0.25) is 0 Å². The predicted molar refractivity (Wildman–Crippen MR) is 102 cm³/mol. The molecule has 1 aliphatic heterocycles. The fraction of sp³-hybridized carbons (Fsp3) is 0.200. The van der Waals surface area contributed by atoms with E-state index in [1.54, 1.807) is 0 Å². The summed E-state index contributed by atoms with van der Waals surface area (Å²) in [5.41, 5.74) is 1.28. The highest BCUT2D eigenvalue weighted by atomic mass is 19.1. The van der Waals surface area contributed by atoms with E-state index in [9.17, 15) is 14.0 Å². The zero-order valence-corrected chi connectivity index (χ0v) is 14.6.